The van der Waals surface area contributed by atoms with Crippen molar-refractivity contribution in [1.29, 1.82) is 0 Å². The topological polar surface area (TPSA) is 81.0 Å². The molecule has 2 heterocycles. The lowest BCUT2D eigenvalue weighted by Crippen LogP contribution is -1.95. The second-order valence-electron chi connectivity index (χ2n) is 3.88. The maximum absolute atomic E-state index is 13.6. The van der Waals surface area contributed by atoms with Crippen molar-refractivity contribution >= 4 is 11.1 Å². The van der Waals surface area contributed by atoms with Crippen molar-refractivity contribution in [3.8, 4) is 17.1 Å². The lowest BCUT2D eigenvalue weighted by atomic mass is 10.1. The van der Waals surface area contributed by atoms with Gasteiger partial charge < -0.3 is 9.15 Å². The molecule has 0 bridgehead atoms. The highest BCUT2D eigenvalue weighted by Crippen LogP contribution is 2.29. The average Bonchev–Trinajstić information content (AvgIpc) is 2.85. The fourth-order valence-corrected chi connectivity index (χ4v) is 1.80. The fourth-order valence-electron chi connectivity index (χ4n) is 1.80. The number of oxazole rings is 1. The number of rotatable bonds is 2. The third-order valence-electron chi connectivity index (χ3n) is 2.71. The number of halogens is 2. The monoisotopic (exact) mass is 279 g/mol. The van der Waals surface area contributed by atoms with Crippen LogP contribution in [0.2, 0.25) is 0 Å². The molecule has 1 aromatic carbocycles. The van der Waals surface area contributed by atoms with E-state index in [9.17, 15) is 13.6 Å². The summed E-state index contributed by atoms with van der Waals surface area (Å²) in [5.74, 6) is -2.92. The number of methoxy groups -OCH3 is 1. The average molecular weight is 279 g/mol. The Balaban J connectivity index is 2.29. The molecule has 0 atom stereocenters. The zero-order valence-electron chi connectivity index (χ0n) is 10.1. The summed E-state index contributed by atoms with van der Waals surface area (Å²) in [6, 6.07) is 0.894. The molecule has 1 N–H and O–H groups in total. The molecule has 0 radical (unpaired) electrons. The predicted molar refractivity (Wildman–Crippen MR) is 64.3 cm³/mol. The number of aromatic nitrogens is 3. The van der Waals surface area contributed by atoms with E-state index < -0.39 is 17.4 Å². The van der Waals surface area contributed by atoms with Crippen molar-refractivity contribution < 1.29 is 17.9 Å². The number of hydrogen-bond donors (Lipinski definition) is 1. The van der Waals surface area contributed by atoms with Crippen LogP contribution in [0, 0.1) is 11.6 Å². The smallest absolute Gasteiger partial charge is 0.417 e. The SMILES string of the molecule is COc1cnc(-c2cc(F)c(F)c3[nH]c(=O)oc23)cn1. The molecule has 8 heteroatoms. The maximum atomic E-state index is 13.6. The Hall–Kier alpha value is -2.77. The first-order valence-corrected chi connectivity index (χ1v) is 5.47. The number of H-pyrrole nitrogens is 1. The molecule has 0 unspecified atom stereocenters. The largest absolute Gasteiger partial charge is 0.480 e. The summed E-state index contributed by atoms with van der Waals surface area (Å²) >= 11 is 0. The van der Waals surface area contributed by atoms with Gasteiger partial charge >= 0.3 is 5.76 Å². The van der Waals surface area contributed by atoms with Crippen molar-refractivity contribution in [1.82, 2.24) is 15.0 Å². The standard InChI is InChI=1S/C12H7F2N3O3/c1-19-8-4-15-7(3-16-8)5-2-6(13)9(14)10-11(5)20-12(18)17-10/h2-4H,1H3,(H,17,18). The Kier molecular flexibility index (Phi) is 2.70. The lowest BCUT2D eigenvalue weighted by Gasteiger charge is -2.03. The molecule has 0 aliphatic rings. The third kappa shape index (κ3) is 1.81. The van der Waals surface area contributed by atoms with Crippen molar-refractivity contribution in [3.63, 3.8) is 0 Å². The number of nitrogens with one attached hydrogen (secondary N) is 1. The molecular weight excluding hydrogens is 272 g/mol. The number of fused-ring (bicyclic) bond motifs is 1. The Morgan fingerprint density at radius 1 is 1.30 bits per heavy atom. The molecular formula is C12H7F2N3O3. The Labute approximate surface area is 110 Å². The quantitative estimate of drug-likeness (QED) is 0.774. The Morgan fingerprint density at radius 2 is 2.10 bits per heavy atom. The summed E-state index contributed by atoms with van der Waals surface area (Å²) < 4.78 is 36.8. The molecule has 20 heavy (non-hydrogen) atoms. The molecule has 3 rings (SSSR count). The van der Waals surface area contributed by atoms with E-state index in [2.05, 4.69) is 15.0 Å². The molecule has 102 valence electrons. The van der Waals surface area contributed by atoms with Gasteiger partial charge in [-0.1, -0.05) is 0 Å². The number of benzene rings is 1. The lowest BCUT2D eigenvalue weighted by molar-refractivity contribution is 0.396. The third-order valence-corrected chi connectivity index (χ3v) is 2.71. The van der Waals surface area contributed by atoms with E-state index in [-0.39, 0.29) is 28.2 Å². The second kappa shape index (κ2) is 4.41. The van der Waals surface area contributed by atoms with E-state index in [1.54, 1.807) is 0 Å². The Morgan fingerprint density at radius 3 is 2.75 bits per heavy atom. The fraction of sp³-hybridized carbons (Fsp3) is 0.0833. The van der Waals surface area contributed by atoms with Gasteiger partial charge in [0.1, 0.15) is 5.52 Å². The minimum Gasteiger partial charge on any atom is -0.480 e. The van der Waals surface area contributed by atoms with Gasteiger partial charge in [-0.25, -0.2) is 23.5 Å². The second-order valence-corrected chi connectivity index (χ2v) is 3.88. The van der Waals surface area contributed by atoms with Gasteiger partial charge in [-0.05, 0) is 6.07 Å². The van der Waals surface area contributed by atoms with Gasteiger partial charge in [0.05, 0.1) is 25.2 Å². The summed E-state index contributed by atoms with van der Waals surface area (Å²) in [6.45, 7) is 0. The minimum absolute atomic E-state index is 0.117. The van der Waals surface area contributed by atoms with Crippen molar-refractivity contribution in [2.24, 2.45) is 0 Å². The molecule has 0 aliphatic carbocycles. The van der Waals surface area contributed by atoms with E-state index in [1.165, 1.54) is 19.5 Å². The molecule has 0 spiro atoms. The number of ether oxygens (including phenoxy) is 1. The highest BCUT2D eigenvalue weighted by molar-refractivity contribution is 5.89. The van der Waals surface area contributed by atoms with Gasteiger partial charge in [0.25, 0.3) is 0 Å². The minimum atomic E-state index is -1.18. The molecule has 0 aliphatic heterocycles. The maximum Gasteiger partial charge on any atom is 0.417 e. The molecule has 3 aromatic rings. The van der Waals surface area contributed by atoms with Crippen LogP contribution in [0.3, 0.4) is 0 Å². The first-order chi connectivity index (χ1) is 9.60. The summed E-state index contributed by atoms with van der Waals surface area (Å²) in [5.41, 5.74) is -0.124. The molecule has 0 saturated heterocycles. The zero-order valence-corrected chi connectivity index (χ0v) is 10.1. The molecule has 6 nitrogen and oxygen atoms in total. The zero-order chi connectivity index (χ0) is 14.3. The van der Waals surface area contributed by atoms with Crippen LogP contribution in [-0.4, -0.2) is 22.1 Å². The van der Waals surface area contributed by atoms with Gasteiger partial charge in [-0.15, -0.1) is 0 Å². The molecule has 2 aromatic heterocycles. The van der Waals surface area contributed by atoms with Gasteiger partial charge in [0.2, 0.25) is 5.88 Å². The van der Waals surface area contributed by atoms with Crippen LogP contribution in [-0.2, 0) is 0 Å². The van der Waals surface area contributed by atoms with Crippen molar-refractivity contribution in [2.75, 3.05) is 7.11 Å². The van der Waals surface area contributed by atoms with Crippen LogP contribution in [0.15, 0.2) is 27.7 Å². The van der Waals surface area contributed by atoms with Crippen molar-refractivity contribution in [3.05, 3.63) is 40.6 Å². The van der Waals surface area contributed by atoms with E-state index in [0.717, 1.165) is 6.07 Å². The first-order valence-electron chi connectivity index (χ1n) is 5.47. The van der Waals surface area contributed by atoms with Crippen LogP contribution in [0.25, 0.3) is 22.4 Å². The van der Waals surface area contributed by atoms with Crippen LogP contribution in [0.5, 0.6) is 5.88 Å². The van der Waals surface area contributed by atoms with Gasteiger partial charge in [-0.2, -0.15) is 0 Å². The van der Waals surface area contributed by atoms with Crippen molar-refractivity contribution in [2.45, 2.75) is 0 Å². The molecule has 0 fully saturated rings. The van der Waals surface area contributed by atoms with E-state index in [4.69, 9.17) is 9.15 Å². The van der Waals surface area contributed by atoms with Gasteiger partial charge in [0.15, 0.2) is 17.2 Å². The molecule has 0 saturated carbocycles. The predicted octanol–water partition coefficient (Wildman–Crippen LogP) is 1.86. The highest BCUT2D eigenvalue weighted by atomic mass is 19.2. The van der Waals surface area contributed by atoms with Crippen LogP contribution in [0.4, 0.5) is 8.78 Å². The van der Waals surface area contributed by atoms with Crippen LogP contribution >= 0.6 is 0 Å². The molecule has 0 amide bonds. The van der Waals surface area contributed by atoms with Crippen LogP contribution in [0.1, 0.15) is 0 Å². The summed E-state index contributed by atoms with van der Waals surface area (Å²) in [5, 5.41) is 0. The number of nitrogens with zero attached hydrogens (tertiary/aromatic N) is 2. The van der Waals surface area contributed by atoms with Gasteiger partial charge in [-0.3, -0.25) is 4.98 Å². The Bertz CT molecular complexity index is 840. The number of hydrogen-bond acceptors (Lipinski definition) is 5. The first kappa shape index (κ1) is 12.3. The summed E-state index contributed by atoms with van der Waals surface area (Å²) in [4.78, 5) is 21.2. The van der Waals surface area contributed by atoms with E-state index in [0.29, 0.717) is 0 Å². The normalized spacial score (nSPS) is 10.9. The van der Waals surface area contributed by atoms with E-state index >= 15 is 0 Å². The van der Waals surface area contributed by atoms with Crippen LogP contribution < -0.4 is 10.5 Å². The summed E-state index contributed by atoms with van der Waals surface area (Å²) in [7, 11) is 1.42. The summed E-state index contributed by atoms with van der Waals surface area (Å²) in [6.07, 6.45) is 2.62. The number of aromatic amines is 1. The highest BCUT2D eigenvalue weighted by Gasteiger charge is 2.19. The van der Waals surface area contributed by atoms with E-state index in [1.807, 2.05) is 0 Å². The van der Waals surface area contributed by atoms with Gasteiger partial charge in [0, 0.05) is 5.56 Å².